The molecule has 0 atom stereocenters. The smallest absolute Gasteiger partial charge is 0.223 e. The highest BCUT2D eigenvalue weighted by Gasteiger charge is 2.22. The highest BCUT2D eigenvalue weighted by molar-refractivity contribution is 5.76. The number of hydrogen-bond acceptors (Lipinski definition) is 3. The Balaban J connectivity index is 1.53. The molecule has 3 rings (SSSR count). The fraction of sp³-hybridized carbons (Fsp3) is 0.444. The number of nitrogens with one attached hydrogen (secondary N) is 1. The number of anilines is 1. The van der Waals surface area contributed by atoms with Crippen molar-refractivity contribution < 1.29 is 4.79 Å². The van der Waals surface area contributed by atoms with Crippen molar-refractivity contribution >= 4 is 11.6 Å². The molecule has 1 saturated heterocycles. The van der Waals surface area contributed by atoms with E-state index in [0.717, 1.165) is 38.3 Å². The van der Waals surface area contributed by atoms with Gasteiger partial charge in [0.25, 0.3) is 0 Å². The second-order valence-corrected chi connectivity index (χ2v) is 6.16. The minimum atomic E-state index is 0.236. The van der Waals surface area contributed by atoms with Crippen LogP contribution in [0.2, 0.25) is 0 Å². The number of carbonyl (C=O) groups excluding carboxylic acids is 1. The standard InChI is InChI=1S/C18H24N4O/c1-14-4-3-5-17(15(14)2)21-8-10-22(11-9-21)18(23)7-6-16-12-19-13-20-16/h3-5,12-13H,6-11H2,1-2H3,(H,19,20). The van der Waals surface area contributed by atoms with Crippen LogP contribution in [0.25, 0.3) is 0 Å². The van der Waals surface area contributed by atoms with E-state index in [1.54, 1.807) is 12.5 Å². The molecule has 0 saturated carbocycles. The van der Waals surface area contributed by atoms with Crippen LogP contribution in [0.1, 0.15) is 23.2 Å². The molecule has 2 heterocycles. The Labute approximate surface area is 137 Å². The van der Waals surface area contributed by atoms with Gasteiger partial charge in [-0.3, -0.25) is 4.79 Å². The Bertz CT molecular complexity index is 658. The van der Waals surface area contributed by atoms with Crippen LogP contribution in [0.5, 0.6) is 0 Å². The quantitative estimate of drug-likeness (QED) is 0.942. The molecule has 0 bridgehead atoms. The lowest BCUT2D eigenvalue weighted by atomic mass is 10.1. The molecule has 1 amide bonds. The number of aromatic amines is 1. The van der Waals surface area contributed by atoms with E-state index in [1.165, 1.54) is 16.8 Å². The second kappa shape index (κ2) is 6.86. The minimum absolute atomic E-state index is 0.236. The number of carbonyl (C=O) groups is 1. The molecule has 0 spiro atoms. The summed E-state index contributed by atoms with van der Waals surface area (Å²) < 4.78 is 0. The number of imidazole rings is 1. The number of H-pyrrole nitrogens is 1. The maximum Gasteiger partial charge on any atom is 0.223 e. The molecule has 1 aromatic heterocycles. The Morgan fingerprint density at radius 1 is 1.22 bits per heavy atom. The normalized spacial score (nSPS) is 15.0. The molecule has 1 aromatic carbocycles. The van der Waals surface area contributed by atoms with Gasteiger partial charge in [-0.05, 0) is 37.5 Å². The van der Waals surface area contributed by atoms with Crippen LogP contribution in [0.15, 0.2) is 30.7 Å². The van der Waals surface area contributed by atoms with Gasteiger partial charge in [0.05, 0.1) is 6.33 Å². The molecule has 5 heteroatoms. The van der Waals surface area contributed by atoms with Crippen LogP contribution < -0.4 is 4.90 Å². The van der Waals surface area contributed by atoms with Crippen molar-refractivity contribution in [1.82, 2.24) is 14.9 Å². The van der Waals surface area contributed by atoms with Gasteiger partial charge in [-0.1, -0.05) is 12.1 Å². The van der Waals surface area contributed by atoms with Crippen molar-refractivity contribution in [2.45, 2.75) is 26.7 Å². The van der Waals surface area contributed by atoms with E-state index in [4.69, 9.17) is 0 Å². The molecule has 1 fully saturated rings. The third-order valence-corrected chi connectivity index (χ3v) is 4.71. The molecule has 1 aliphatic rings. The fourth-order valence-corrected chi connectivity index (χ4v) is 3.10. The SMILES string of the molecule is Cc1cccc(N2CCN(C(=O)CCc3cnc[nH]3)CC2)c1C. The third kappa shape index (κ3) is 3.55. The first-order valence-corrected chi connectivity index (χ1v) is 8.21. The van der Waals surface area contributed by atoms with Crippen LogP contribution >= 0.6 is 0 Å². The van der Waals surface area contributed by atoms with Gasteiger partial charge in [-0.2, -0.15) is 0 Å². The van der Waals surface area contributed by atoms with E-state index in [9.17, 15) is 4.79 Å². The summed E-state index contributed by atoms with van der Waals surface area (Å²) in [5.74, 6) is 0.236. The predicted molar refractivity (Wildman–Crippen MR) is 91.6 cm³/mol. The van der Waals surface area contributed by atoms with Gasteiger partial charge in [0.2, 0.25) is 5.91 Å². The van der Waals surface area contributed by atoms with Gasteiger partial charge in [0, 0.05) is 50.2 Å². The largest absolute Gasteiger partial charge is 0.368 e. The number of piperazine rings is 1. The van der Waals surface area contributed by atoms with Crippen molar-refractivity contribution in [3.63, 3.8) is 0 Å². The topological polar surface area (TPSA) is 52.2 Å². The number of nitrogens with zero attached hydrogens (tertiary/aromatic N) is 3. The van der Waals surface area contributed by atoms with Gasteiger partial charge < -0.3 is 14.8 Å². The highest BCUT2D eigenvalue weighted by Crippen LogP contribution is 2.24. The lowest BCUT2D eigenvalue weighted by molar-refractivity contribution is -0.131. The number of aromatic nitrogens is 2. The fourth-order valence-electron chi connectivity index (χ4n) is 3.10. The van der Waals surface area contributed by atoms with E-state index in [0.29, 0.717) is 6.42 Å². The maximum absolute atomic E-state index is 12.3. The minimum Gasteiger partial charge on any atom is -0.368 e. The van der Waals surface area contributed by atoms with Crippen LogP contribution in [-0.2, 0) is 11.2 Å². The van der Waals surface area contributed by atoms with Crippen LogP contribution in [-0.4, -0.2) is 47.0 Å². The zero-order chi connectivity index (χ0) is 16.2. The van der Waals surface area contributed by atoms with E-state index < -0.39 is 0 Å². The van der Waals surface area contributed by atoms with Crippen molar-refractivity contribution in [3.05, 3.63) is 47.5 Å². The van der Waals surface area contributed by atoms with E-state index in [1.807, 2.05) is 4.90 Å². The molecule has 5 nitrogen and oxygen atoms in total. The van der Waals surface area contributed by atoms with Gasteiger partial charge in [-0.15, -0.1) is 0 Å². The molecule has 0 unspecified atom stereocenters. The average Bonchev–Trinajstić information content (AvgIpc) is 3.09. The highest BCUT2D eigenvalue weighted by atomic mass is 16.2. The van der Waals surface area contributed by atoms with Gasteiger partial charge >= 0.3 is 0 Å². The first kappa shape index (κ1) is 15.6. The summed E-state index contributed by atoms with van der Waals surface area (Å²) in [6.45, 7) is 7.73. The second-order valence-electron chi connectivity index (χ2n) is 6.16. The van der Waals surface area contributed by atoms with Crippen LogP contribution in [0, 0.1) is 13.8 Å². The molecule has 23 heavy (non-hydrogen) atoms. The van der Waals surface area contributed by atoms with Crippen molar-refractivity contribution in [1.29, 1.82) is 0 Å². The molecule has 2 aromatic rings. The Kier molecular flexibility index (Phi) is 4.65. The summed E-state index contributed by atoms with van der Waals surface area (Å²) in [7, 11) is 0. The Morgan fingerprint density at radius 2 is 2.00 bits per heavy atom. The van der Waals surface area contributed by atoms with E-state index in [-0.39, 0.29) is 5.91 Å². The Hall–Kier alpha value is -2.30. The predicted octanol–water partition coefficient (Wildman–Crippen LogP) is 2.31. The zero-order valence-corrected chi connectivity index (χ0v) is 13.9. The summed E-state index contributed by atoms with van der Waals surface area (Å²) in [6, 6.07) is 6.44. The summed E-state index contributed by atoms with van der Waals surface area (Å²) >= 11 is 0. The monoisotopic (exact) mass is 312 g/mol. The molecule has 0 aliphatic carbocycles. The number of benzene rings is 1. The lowest BCUT2D eigenvalue weighted by Crippen LogP contribution is -2.49. The zero-order valence-electron chi connectivity index (χ0n) is 13.9. The molecule has 0 radical (unpaired) electrons. The van der Waals surface area contributed by atoms with Crippen LogP contribution in [0.3, 0.4) is 0 Å². The van der Waals surface area contributed by atoms with E-state index >= 15 is 0 Å². The average molecular weight is 312 g/mol. The van der Waals surface area contributed by atoms with Crippen molar-refractivity contribution in [3.8, 4) is 0 Å². The third-order valence-electron chi connectivity index (χ3n) is 4.71. The first-order chi connectivity index (χ1) is 11.1. The van der Waals surface area contributed by atoms with E-state index in [2.05, 4.69) is 46.9 Å². The van der Waals surface area contributed by atoms with Gasteiger partial charge in [0.15, 0.2) is 0 Å². The summed E-state index contributed by atoms with van der Waals surface area (Å²) in [6.07, 6.45) is 4.72. The van der Waals surface area contributed by atoms with Gasteiger partial charge in [0.1, 0.15) is 0 Å². The number of hydrogen-bond donors (Lipinski definition) is 1. The molecular formula is C18H24N4O. The van der Waals surface area contributed by atoms with Gasteiger partial charge in [-0.25, -0.2) is 4.98 Å². The number of aryl methyl sites for hydroxylation is 2. The Morgan fingerprint density at radius 3 is 2.70 bits per heavy atom. The summed E-state index contributed by atoms with van der Waals surface area (Å²) in [5.41, 5.74) is 4.98. The van der Waals surface area contributed by atoms with Crippen molar-refractivity contribution in [2.75, 3.05) is 31.1 Å². The molecule has 1 aliphatic heterocycles. The lowest BCUT2D eigenvalue weighted by Gasteiger charge is -2.37. The summed E-state index contributed by atoms with van der Waals surface area (Å²) in [5, 5.41) is 0. The molecule has 122 valence electrons. The summed E-state index contributed by atoms with van der Waals surface area (Å²) in [4.78, 5) is 23.7. The van der Waals surface area contributed by atoms with Crippen LogP contribution in [0.4, 0.5) is 5.69 Å². The number of rotatable bonds is 4. The maximum atomic E-state index is 12.3. The molecule has 1 N–H and O–H groups in total. The number of amides is 1. The van der Waals surface area contributed by atoms with Crippen molar-refractivity contribution in [2.24, 2.45) is 0 Å². The molecular weight excluding hydrogens is 288 g/mol. The first-order valence-electron chi connectivity index (χ1n) is 8.21.